The zero-order valence-corrected chi connectivity index (χ0v) is 11.1. The fourth-order valence-electron chi connectivity index (χ4n) is 2.85. The lowest BCUT2D eigenvalue weighted by atomic mass is 9.94. The van der Waals surface area contributed by atoms with E-state index >= 15 is 0 Å². The molecular formula is C13H21NO4. The third kappa shape index (κ3) is 3.15. The zero-order chi connectivity index (χ0) is 13.5. The van der Waals surface area contributed by atoms with Gasteiger partial charge in [0.05, 0.1) is 0 Å². The van der Waals surface area contributed by atoms with Crippen LogP contribution in [0, 0.1) is 17.8 Å². The molecule has 0 aromatic rings. The van der Waals surface area contributed by atoms with E-state index in [1.807, 2.05) is 0 Å². The minimum atomic E-state index is -0.966. The molecule has 18 heavy (non-hydrogen) atoms. The molecule has 1 amide bonds. The first-order valence-corrected chi connectivity index (χ1v) is 6.48. The summed E-state index contributed by atoms with van der Waals surface area (Å²) in [7, 11) is 0. The van der Waals surface area contributed by atoms with Crippen LogP contribution >= 0.6 is 0 Å². The molecule has 0 radical (unpaired) electrons. The monoisotopic (exact) mass is 255 g/mol. The predicted octanol–water partition coefficient (Wildman–Crippen LogP) is 2.01. The number of carbonyl (C=O) groups excluding carboxylic acids is 1. The Balaban J connectivity index is 1.90. The third-order valence-electron chi connectivity index (χ3n) is 3.69. The van der Waals surface area contributed by atoms with Gasteiger partial charge in [-0.1, -0.05) is 0 Å². The number of aliphatic carboxylic acids is 1. The fraction of sp³-hybridized carbons (Fsp3) is 0.846. The minimum Gasteiger partial charge on any atom is -0.480 e. The Labute approximate surface area is 107 Å². The van der Waals surface area contributed by atoms with Crippen LogP contribution in [0.25, 0.3) is 0 Å². The number of carbonyl (C=O) groups is 2. The molecule has 2 aliphatic carbocycles. The van der Waals surface area contributed by atoms with E-state index in [0.717, 1.165) is 12.8 Å². The van der Waals surface area contributed by atoms with Crippen LogP contribution in [0.3, 0.4) is 0 Å². The maximum Gasteiger partial charge on any atom is 0.408 e. The standard InChI is InChI=1S/C13H21NO4/c1-13(2,3)18-12(17)14-10(11(15)16)9-5-7-4-8(7)6-9/h7-10H,4-6H2,1-3H3,(H,14,17)(H,15,16)/t7?,8?,9?,10-/m0/s1. The van der Waals surface area contributed by atoms with Gasteiger partial charge in [-0.05, 0) is 57.8 Å². The van der Waals surface area contributed by atoms with Gasteiger partial charge >= 0.3 is 12.1 Å². The average Bonchev–Trinajstić information content (AvgIpc) is 2.79. The first kappa shape index (κ1) is 13.2. The predicted molar refractivity (Wildman–Crippen MR) is 65.1 cm³/mol. The number of ether oxygens (including phenoxy) is 1. The van der Waals surface area contributed by atoms with Crippen molar-refractivity contribution in [1.29, 1.82) is 0 Å². The number of rotatable bonds is 3. The summed E-state index contributed by atoms with van der Waals surface area (Å²) in [4.78, 5) is 22.9. The molecule has 3 atom stereocenters. The number of hydrogen-bond acceptors (Lipinski definition) is 3. The second-order valence-corrected chi connectivity index (χ2v) is 6.45. The van der Waals surface area contributed by atoms with Crippen LogP contribution in [0.15, 0.2) is 0 Å². The van der Waals surface area contributed by atoms with Gasteiger partial charge in [-0.15, -0.1) is 0 Å². The molecule has 2 rings (SSSR count). The lowest BCUT2D eigenvalue weighted by molar-refractivity contribution is -0.141. The molecular weight excluding hydrogens is 234 g/mol. The van der Waals surface area contributed by atoms with Gasteiger partial charge in [-0.3, -0.25) is 0 Å². The van der Waals surface area contributed by atoms with Gasteiger partial charge in [-0.25, -0.2) is 9.59 Å². The van der Waals surface area contributed by atoms with E-state index in [2.05, 4.69) is 5.32 Å². The molecule has 2 fully saturated rings. The lowest BCUT2D eigenvalue weighted by Crippen LogP contribution is -2.47. The SMILES string of the molecule is CC(C)(C)OC(=O)N[C@H](C(=O)O)C1CC2CC2C1. The highest BCUT2D eigenvalue weighted by atomic mass is 16.6. The summed E-state index contributed by atoms with van der Waals surface area (Å²) in [5.41, 5.74) is -0.606. The molecule has 2 N–H and O–H groups in total. The molecule has 2 aliphatic rings. The van der Waals surface area contributed by atoms with Crippen molar-refractivity contribution >= 4 is 12.1 Å². The number of fused-ring (bicyclic) bond motifs is 1. The van der Waals surface area contributed by atoms with Crippen LogP contribution in [0.4, 0.5) is 4.79 Å². The van der Waals surface area contributed by atoms with Crippen molar-refractivity contribution in [3.63, 3.8) is 0 Å². The Morgan fingerprint density at radius 2 is 1.78 bits per heavy atom. The lowest BCUT2D eigenvalue weighted by Gasteiger charge is -2.25. The second kappa shape index (κ2) is 4.44. The highest BCUT2D eigenvalue weighted by Crippen LogP contribution is 2.55. The van der Waals surface area contributed by atoms with Crippen molar-refractivity contribution in [2.24, 2.45) is 17.8 Å². The van der Waals surface area contributed by atoms with Gasteiger partial charge in [0.2, 0.25) is 0 Å². The van der Waals surface area contributed by atoms with E-state index in [-0.39, 0.29) is 5.92 Å². The van der Waals surface area contributed by atoms with Crippen molar-refractivity contribution in [2.75, 3.05) is 0 Å². The van der Waals surface area contributed by atoms with Gasteiger partial charge in [0, 0.05) is 0 Å². The molecule has 2 saturated carbocycles. The molecule has 5 heteroatoms. The number of carboxylic acid groups (broad SMARTS) is 1. The zero-order valence-electron chi connectivity index (χ0n) is 11.1. The van der Waals surface area contributed by atoms with E-state index in [0.29, 0.717) is 11.8 Å². The summed E-state index contributed by atoms with van der Waals surface area (Å²) in [6.07, 6.45) is 2.42. The molecule has 0 aromatic carbocycles. The van der Waals surface area contributed by atoms with Crippen molar-refractivity contribution in [3.8, 4) is 0 Å². The summed E-state index contributed by atoms with van der Waals surface area (Å²) < 4.78 is 5.10. The highest BCUT2D eigenvalue weighted by Gasteiger charge is 2.49. The highest BCUT2D eigenvalue weighted by molar-refractivity contribution is 5.80. The molecule has 0 heterocycles. The Morgan fingerprint density at radius 3 is 2.22 bits per heavy atom. The molecule has 0 bridgehead atoms. The Morgan fingerprint density at radius 1 is 1.22 bits per heavy atom. The van der Waals surface area contributed by atoms with E-state index in [1.54, 1.807) is 20.8 Å². The van der Waals surface area contributed by atoms with Crippen LogP contribution < -0.4 is 5.32 Å². The van der Waals surface area contributed by atoms with Gasteiger partial charge in [0.15, 0.2) is 0 Å². The Hall–Kier alpha value is -1.26. The summed E-state index contributed by atoms with van der Waals surface area (Å²) in [6, 6.07) is -0.812. The molecule has 0 aromatic heterocycles. The molecule has 102 valence electrons. The Kier molecular flexibility index (Phi) is 3.25. The Bertz CT molecular complexity index is 350. The average molecular weight is 255 g/mol. The second-order valence-electron chi connectivity index (χ2n) is 6.45. The first-order valence-electron chi connectivity index (χ1n) is 6.48. The minimum absolute atomic E-state index is 0.0544. The van der Waals surface area contributed by atoms with Crippen molar-refractivity contribution in [1.82, 2.24) is 5.32 Å². The van der Waals surface area contributed by atoms with Gasteiger partial charge in [0.1, 0.15) is 11.6 Å². The number of carboxylic acids is 1. The number of alkyl carbamates (subject to hydrolysis) is 1. The van der Waals surface area contributed by atoms with E-state index in [9.17, 15) is 14.7 Å². The topological polar surface area (TPSA) is 75.6 Å². The largest absolute Gasteiger partial charge is 0.480 e. The van der Waals surface area contributed by atoms with E-state index < -0.39 is 23.7 Å². The first-order chi connectivity index (χ1) is 8.26. The van der Waals surface area contributed by atoms with E-state index in [4.69, 9.17) is 4.74 Å². The normalized spacial score (nSPS) is 31.4. The van der Waals surface area contributed by atoms with Crippen LogP contribution in [-0.2, 0) is 9.53 Å². The quantitative estimate of drug-likeness (QED) is 0.809. The van der Waals surface area contributed by atoms with Gasteiger partial charge < -0.3 is 15.2 Å². The van der Waals surface area contributed by atoms with Crippen LogP contribution in [0.1, 0.15) is 40.0 Å². The van der Waals surface area contributed by atoms with E-state index in [1.165, 1.54) is 6.42 Å². The molecule has 0 spiro atoms. The molecule has 5 nitrogen and oxygen atoms in total. The number of hydrogen-bond donors (Lipinski definition) is 2. The van der Waals surface area contributed by atoms with Crippen molar-refractivity contribution in [2.45, 2.75) is 51.7 Å². The maximum absolute atomic E-state index is 11.6. The van der Waals surface area contributed by atoms with Crippen LogP contribution in [0.5, 0.6) is 0 Å². The third-order valence-corrected chi connectivity index (χ3v) is 3.69. The van der Waals surface area contributed by atoms with Crippen LogP contribution in [-0.4, -0.2) is 28.8 Å². The fourth-order valence-corrected chi connectivity index (χ4v) is 2.85. The van der Waals surface area contributed by atoms with Crippen molar-refractivity contribution in [3.05, 3.63) is 0 Å². The smallest absolute Gasteiger partial charge is 0.408 e. The number of amides is 1. The van der Waals surface area contributed by atoms with Crippen LogP contribution in [0.2, 0.25) is 0 Å². The summed E-state index contributed by atoms with van der Waals surface area (Å²) in [5.74, 6) is 0.473. The summed E-state index contributed by atoms with van der Waals surface area (Å²) in [5, 5.41) is 11.7. The number of nitrogens with one attached hydrogen (secondary N) is 1. The summed E-state index contributed by atoms with van der Waals surface area (Å²) >= 11 is 0. The van der Waals surface area contributed by atoms with Gasteiger partial charge in [-0.2, -0.15) is 0 Å². The van der Waals surface area contributed by atoms with Crippen molar-refractivity contribution < 1.29 is 19.4 Å². The molecule has 2 unspecified atom stereocenters. The molecule has 0 saturated heterocycles. The molecule has 0 aliphatic heterocycles. The maximum atomic E-state index is 11.6. The summed E-state index contributed by atoms with van der Waals surface area (Å²) in [6.45, 7) is 5.27. The van der Waals surface area contributed by atoms with Gasteiger partial charge in [0.25, 0.3) is 0 Å².